The van der Waals surface area contributed by atoms with Crippen LogP contribution in [0.15, 0.2) is 133 Å². The quantitative estimate of drug-likeness (QED) is 0.117. The van der Waals surface area contributed by atoms with Gasteiger partial charge in [-0.25, -0.2) is 0 Å². The number of phenols is 2. The minimum absolute atomic E-state index is 0.117. The monoisotopic (exact) mass is 708 g/mol. The van der Waals surface area contributed by atoms with Crippen molar-refractivity contribution in [1.29, 1.82) is 0 Å². The van der Waals surface area contributed by atoms with Crippen LogP contribution in [0.4, 0.5) is 11.4 Å². The Hall–Kier alpha value is -7.06. The van der Waals surface area contributed by atoms with Crippen LogP contribution in [0.1, 0.15) is 43.2 Å². The van der Waals surface area contributed by atoms with Gasteiger partial charge in [-0.05, 0) is 84.6 Å². The van der Waals surface area contributed by atoms with Gasteiger partial charge in [-0.15, -0.1) is 0 Å². The van der Waals surface area contributed by atoms with Gasteiger partial charge in [0.2, 0.25) is 0 Å². The Morgan fingerprint density at radius 1 is 0.556 bits per heavy atom. The fourth-order valence-corrected chi connectivity index (χ4v) is 7.16. The summed E-state index contributed by atoms with van der Waals surface area (Å²) in [4.78, 5) is 37.0. The van der Waals surface area contributed by atoms with Crippen LogP contribution in [-0.4, -0.2) is 32.0 Å². The third kappa shape index (κ3) is 6.34. The van der Waals surface area contributed by atoms with E-state index in [9.17, 15) is 19.8 Å². The molecule has 0 saturated heterocycles. The first-order chi connectivity index (χ1) is 26.1. The molecule has 8 rings (SSSR count). The van der Waals surface area contributed by atoms with E-state index in [-0.39, 0.29) is 35.5 Å². The Balaban J connectivity index is 1.13. The zero-order valence-corrected chi connectivity index (χ0v) is 29.8. The number of benzene rings is 6. The van der Waals surface area contributed by atoms with Gasteiger partial charge in [0.1, 0.15) is 11.5 Å². The summed E-state index contributed by atoms with van der Waals surface area (Å²) >= 11 is 0. The van der Waals surface area contributed by atoms with Gasteiger partial charge in [0.25, 0.3) is 11.8 Å². The molecule has 2 amide bonds. The second-order valence-corrected chi connectivity index (χ2v) is 13.6. The minimum Gasteiger partial charge on any atom is -0.507 e. The standard InChI is InChI=1S/C46H36N4O4/c1-26(22-35-33-14-6-4-10-31(33)24-37(43(35)51)45(53)49-39-16-8-12-29-20-18-27(2)47-41(29)39)23-36-34-15-7-5-11-32(34)25-38(44(36)52)46(54)50-40-17-9-13-30-21-19-28(3)48-42(30)40/h4-21,24-25,51-52H,1,22-23H2,2-3H3,(H,49,53)(H,50,54). The molecule has 0 aliphatic carbocycles. The molecule has 0 bridgehead atoms. The topological polar surface area (TPSA) is 124 Å². The maximum absolute atomic E-state index is 13.9. The lowest BCUT2D eigenvalue weighted by atomic mass is 9.90. The summed E-state index contributed by atoms with van der Waals surface area (Å²) in [5, 5.41) is 34.3. The normalized spacial score (nSPS) is 11.3. The van der Waals surface area contributed by atoms with E-state index in [1.165, 1.54) is 0 Å². The zero-order valence-electron chi connectivity index (χ0n) is 29.8. The molecule has 0 spiro atoms. The summed E-state index contributed by atoms with van der Waals surface area (Å²) in [6.45, 7) is 8.16. The van der Waals surface area contributed by atoms with Crippen LogP contribution in [0.3, 0.4) is 0 Å². The predicted octanol–water partition coefficient (Wildman–Crippen LogP) is 9.96. The molecule has 0 atom stereocenters. The maximum atomic E-state index is 13.9. The molecule has 6 aromatic carbocycles. The summed E-state index contributed by atoms with van der Waals surface area (Å²) in [7, 11) is 0. The molecule has 0 fully saturated rings. The van der Waals surface area contributed by atoms with E-state index in [0.717, 1.165) is 43.7 Å². The Labute approximate surface area is 311 Å². The second-order valence-electron chi connectivity index (χ2n) is 13.6. The first-order valence-corrected chi connectivity index (χ1v) is 17.6. The number of nitrogens with zero attached hydrogens (tertiary/aromatic N) is 2. The number of aromatic nitrogens is 2. The lowest BCUT2D eigenvalue weighted by molar-refractivity contribution is 0.101. The number of allylic oxidation sites excluding steroid dienone is 1. The predicted molar refractivity (Wildman–Crippen MR) is 217 cm³/mol. The molecule has 54 heavy (non-hydrogen) atoms. The van der Waals surface area contributed by atoms with Gasteiger partial charge in [-0.1, -0.05) is 97.1 Å². The number of phenolic OH excluding ortho intramolecular Hbond substituents is 2. The molecule has 0 saturated carbocycles. The first-order valence-electron chi connectivity index (χ1n) is 17.6. The van der Waals surface area contributed by atoms with E-state index in [2.05, 4.69) is 27.2 Å². The fourth-order valence-electron chi connectivity index (χ4n) is 7.16. The van der Waals surface area contributed by atoms with Crippen molar-refractivity contribution in [3.05, 3.63) is 167 Å². The molecule has 8 heteroatoms. The Morgan fingerprint density at radius 3 is 1.41 bits per heavy atom. The number of fused-ring (bicyclic) bond motifs is 4. The van der Waals surface area contributed by atoms with Gasteiger partial charge in [0.05, 0.1) is 33.5 Å². The average Bonchev–Trinajstić information content (AvgIpc) is 3.17. The number of aryl methyl sites for hydroxylation is 2. The molecule has 0 aliphatic rings. The molecule has 0 radical (unpaired) electrons. The van der Waals surface area contributed by atoms with Crippen LogP contribution in [0.25, 0.3) is 43.4 Å². The first kappa shape index (κ1) is 34.0. The molecule has 8 nitrogen and oxygen atoms in total. The van der Waals surface area contributed by atoms with Crippen molar-refractivity contribution in [2.75, 3.05) is 10.6 Å². The van der Waals surface area contributed by atoms with Crippen molar-refractivity contribution in [3.8, 4) is 11.5 Å². The molecule has 4 N–H and O–H groups in total. The Kier molecular flexibility index (Phi) is 8.71. The maximum Gasteiger partial charge on any atom is 0.259 e. The molecule has 2 aromatic heterocycles. The van der Waals surface area contributed by atoms with E-state index in [0.29, 0.717) is 39.1 Å². The summed E-state index contributed by atoms with van der Waals surface area (Å²) in [6.07, 6.45) is 0.404. The number of aromatic hydroxyl groups is 2. The van der Waals surface area contributed by atoms with Gasteiger partial charge in [-0.2, -0.15) is 0 Å². The van der Waals surface area contributed by atoms with E-state index in [4.69, 9.17) is 0 Å². The van der Waals surface area contributed by atoms with Crippen LogP contribution >= 0.6 is 0 Å². The molecule has 8 aromatic rings. The van der Waals surface area contributed by atoms with Gasteiger partial charge in [0, 0.05) is 33.3 Å². The highest BCUT2D eigenvalue weighted by Crippen LogP contribution is 2.38. The smallest absolute Gasteiger partial charge is 0.259 e. The summed E-state index contributed by atoms with van der Waals surface area (Å²) in [5.74, 6) is -1.25. The van der Waals surface area contributed by atoms with E-state index >= 15 is 0 Å². The van der Waals surface area contributed by atoms with E-state index in [1.54, 1.807) is 24.3 Å². The largest absolute Gasteiger partial charge is 0.507 e. The molecule has 0 aliphatic heterocycles. The number of rotatable bonds is 8. The zero-order chi connectivity index (χ0) is 37.5. The van der Waals surface area contributed by atoms with Gasteiger partial charge in [-0.3, -0.25) is 19.6 Å². The molecule has 264 valence electrons. The van der Waals surface area contributed by atoms with Crippen molar-refractivity contribution in [2.45, 2.75) is 26.7 Å². The lowest BCUT2D eigenvalue weighted by Crippen LogP contribution is -2.14. The summed E-state index contributed by atoms with van der Waals surface area (Å²) < 4.78 is 0. The fraction of sp³-hybridized carbons (Fsp3) is 0.0870. The highest BCUT2D eigenvalue weighted by atomic mass is 16.3. The third-order valence-corrected chi connectivity index (χ3v) is 9.81. The average molecular weight is 709 g/mol. The van der Waals surface area contributed by atoms with Gasteiger partial charge >= 0.3 is 0 Å². The van der Waals surface area contributed by atoms with Crippen LogP contribution in [-0.2, 0) is 12.8 Å². The van der Waals surface area contributed by atoms with Crippen LogP contribution in [0, 0.1) is 13.8 Å². The van der Waals surface area contributed by atoms with Crippen LogP contribution in [0.2, 0.25) is 0 Å². The Morgan fingerprint density at radius 2 is 0.963 bits per heavy atom. The number of para-hydroxylation sites is 2. The SMILES string of the molecule is C=C(Cc1c(O)c(C(=O)Nc2cccc3ccc(C)nc23)cc2ccccc12)Cc1c(O)c(C(=O)Nc2cccc3ccc(C)nc23)cc2ccccc12. The van der Waals surface area contributed by atoms with E-state index in [1.807, 2.05) is 111 Å². The molecular weight excluding hydrogens is 673 g/mol. The number of nitrogens with one attached hydrogen (secondary N) is 2. The molecule has 2 heterocycles. The van der Waals surface area contributed by atoms with Crippen molar-refractivity contribution in [2.24, 2.45) is 0 Å². The van der Waals surface area contributed by atoms with Crippen LogP contribution in [0.5, 0.6) is 11.5 Å². The van der Waals surface area contributed by atoms with Crippen molar-refractivity contribution >= 4 is 66.5 Å². The number of pyridine rings is 2. The number of carbonyl (C=O) groups is 2. The lowest BCUT2D eigenvalue weighted by Gasteiger charge is -2.18. The number of anilines is 2. The Bertz CT molecular complexity index is 2650. The van der Waals surface area contributed by atoms with Crippen molar-refractivity contribution < 1.29 is 19.8 Å². The third-order valence-electron chi connectivity index (χ3n) is 9.81. The summed E-state index contributed by atoms with van der Waals surface area (Å²) in [5.41, 5.74) is 6.00. The highest BCUT2D eigenvalue weighted by Gasteiger charge is 2.23. The number of hydrogen-bond acceptors (Lipinski definition) is 6. The minimum atomic E-state index is -0.472. The van der Waals surface area contributed by atoms with Gasteiger partial charge < -0.3 is 20.8 Å². The molecule has 0 unspecified atom stereocenters. The molecular formula is C46H36N4O4. The van der Waals surface area contributed by atoms with Crippen molar-refractivity contribution in [3.63, 3.8) is 0 Å². The van der Waals surface area contributed by atoms with E-state index < -0.39 is 11.8 Å². The highest BCUT2D eigenvalue weighted by molar-refractivity contribution is 6.13. The van der Waals surface area contributed by atoms with Crippen molar-refractivity contribution in [1.82, 2.24) is 9.97 Å². The number of hydrogen-bond donors (Lipinski definition) is 4. The van der Waals surface area contributed by atoms with Gasteiger partial charge in [0.15, 0.2) is 0 Å². The number of amides is 2. The van der Waals surface area contributed by atoms with Crippen LogP contribution < -0.4 is 10.6 Å². The second kappa shape index (κ2) is 13.8. The number of carbonyl (C=O) groups excluding carboxylic acids is 2. The summed E-state index contributed by atoms with van der Waals surface area (Å²) in [6, 6.07) is 37.4.